The molecule has 0 N–H and O–H groups in total. The fourth-order valence-corrected chi connectivity index (χ4v) is 12.3. The first-order valence-electron chi connectivity index (χ1n) is 22.2. The summed E-state index contributed by atoms with van der Waals surface area (Å²) < 4.78 is 10.4. The van der Waals surface area contributed by atoms with Crippen LogP contribution in [0.1, 0.15) is 81.2 Å². The number of pyridine rings is 1. The Balaban J connectivity index is 0.000000239. The molecule has 0 aliphatic rings. The monoisotopic (exact) mass is 1070 g/mol. The molecule has 0 aliphatic carbocycles. The van der Waals surface area contributed by atoms with Crippen molar-refractivity contribution in [1.29, 1.82) is 0 Å². The first-order valence-corrected chi connectivity index (χ1v) is 29.6. The number of fused-ring (bicyclic) bond motifs is 4. The quantitative estimate of drug-likeness (QED) is 0.101. The average molecular weight is 1070 g/mol. The Labute approximate surface area is 390 Å². The Bertz CT molecular complexity index is 2960. The van der Waals surface area contributed by atoms with Crippen molar-refractivity contribution in [3.63, 3.8) is 0 Å². The summed E-state index contributed by atoms with van der Waals surface area (Å²) in [5, 5.41) is 2.26. The molecule has 4 nitrogen and oxygen atoms in total. The molecule has 0 atom stereocenters. The van der Waals surface area contributed by atoms with Crippen LogP contribution in [-0.4, -0.2) is 27.8 Å². The first-order chi connectivity index (χ1) is 29.8. The smallest absolute Gasteiger partial charge is 0.121 e. The molecule has 323 valence electrons. The zero-order valence-electron chi connectivity index (χ0n) is 38.4. The zero-order chi connectivity index (χ0) is 43.7. The second-order valence-electron chi connectivity index (χ2n) is 18.8. The van der Waals surface area contributed by atoms with E-state index < -0.39 is 13.3 Å². The number of aromatic nitrogens is 3. The molecular formula is C57H59GeIrN3O-2. The molecule has 0 amide bonds. The van der Waals surface area contributed by atoms with Gasteiger partial charge in [0, 0.05) is 32.0 Å². The molecule has 0 saturated carbocycles. The van der Waals surface area contributed by atoms with Crippen molar-refractivity contribution in [3.05, 3.63) is 174 Å². The molecule has 63 heavy (non-hydrogen) atoms. The van der Waals surface area contributed by atoms with Crippen molar-refractivity contribution in [3.8, 4) is 33.8 Å². The van der Waals surface area contributed by atoms with Crippen LogP contribution in [0.4, 0.5) is 0 Å². The van der Waals surface area contributed by atoms with E-state index >= 15 is 0 Å². The maximum absolute atomic E-state index is 6.52. The molecule has 1 radical (unpaired) electrons. The van der Waals surface area contributed by atoms with E-state index in [0.717, 1.165) is 68.6 Å². The van der Waals surface area contributed by atoms with E-state index in [-0.39, 0.29) is 20.1 Å². The summed E-state index contributed by atoms with van der Waals surface area (Å²) in [6, 6.07) is 51.5. The number of rotatable bonds is 10. The van der Waals surface area contributed by atoms with Crippen LogP contribution in [0, 0.1) is 25.0 Å². The summed E-state index contributed by atoms with van der Waals surface area (Å²) in [4.78, 5) is 9.91. The predicted octanol–water partition coefficient (Wildman–Crippen LogP) is 15.0. The molecule has 0 unspecified atom stereocenters. The summed E-state index contributed by atoms with van der Waals surface area (Å²) >= 11 is -1.86. The molecule has 3 aromatic heterocycles. The fourth-order valence-electron chi connectivity index (χ4n) is 8.93. The molecule has 0 aliphatic heterocycles. The van der Waals surface area contributed by atoms with Gasteiger partial charge in [-0.15, -0.1) is 18.2 Å². The van der Waals surface area contributed by atoms with E-state index in [1.165, 1.54) is 38.9 Å². The van der Waals surface area contributed by atoms with Gasteiger partial charge in [-0.25, -0.2) is 0 Å². The van der Waals surface area contributed by atoms with Crippen LogP contribution in [0.3, 0.4) is 0 Å². The van der Waals surface area contributed by atoms with Crippen molar-refractivity contribution < 1.29 is 24.5 Å². The molecule has 6 heteroatoms. The number of aryl methyl sites for hydroxylation is 1. The second kappa shape index (κ2) is 19.4. The Hall–Kier alpha value is -5.07. The predicted molar refractivity (Wildman–Crippen MR) is 265 cm³/mol. The van der Waals surface area contributed by atoms with Crippen LogP contribution in [0.15, 0.2) is 138 Å². The van der Waals surface area contributed by atoms with Crippen LogP contribution >= 0.6 is 0 Å². The number of para-hydroxylation sites is 2. The Morgan fingerprint density at radius 1 is 0.714 bits per heavy atom. The van der Waals surface area contributed by atoms with Gasteiger partial charge >= 0.3 is 126 Å². The van der Waals surface area contributed by atoms with Gasteiger partial charge in [0.05, 0.1) is 22.4 Å². The topological polar surface area (TPSA) is 43.9 Å². The van der Waals surface area contributed by atoms with E-state index in [0.29, 0.717) is 17.8 Å². The van der Waals surface area contributed by atoms with Gasteiger partial charge in [-0.1, -0.05) is 105 Å². The molecule has 0 fully saturated rings. The zero-order valence-corrected chi connectivity index (χ0v) is 42.9. The van der Waals surface area contributed by atoms with Crippen LogP contribution < -0.4 is 4.40 Å². The number of nitrogens with zero attached hydrogens (tertiary/aromatic N) is 3. The molecular weight excluding hydrogens is 1010 g/mol. The van der Waals surface area contributed by atoms with E-state index in [2.05, 4.69) is 186 Å². The van der Waals surface area contributed by atoms with E-state index in [1.54, 1.807) is 4.40 Å². The number of imidazole rings is 1. The summed E-state index contributed by atoms with van der Waals surface area (Å²) in [5.74, 6) is 9.61. The summed E-state index contributed by atoms with van der Waals surface area (Å²) in [5.41, 5.74) is 16.2. The van der Waals surface area contributed by atoms with Gasteiger partial charge in [0.1, 0.15) is 5.58 Å². The third-order valence-corrected chi connectivity index (χ3v) is 16.3. The van der Waals surface area contributed by atoms with E-state index in [4.69, 9.17) is 14.4 Å². The summed E-state index contributed by atoms with van der Waals surface area (Å²) in [6.07, 6.45) is 3.27. The molecule has 9 rings (SSSR count). The molecule has 9 aromatic rings. The third kappa shape index (κ3) is 9.72. The molecule has 0 saturated heterocycles. The minimum Gasteiger partial charge on any atom is -0.501 e. The van der Waals surface area contributed by atoms with Crippen molar-refractivity contribution in [2.45, 2.75) is 90.5 Å². The molecule has 0 bridgehead atoms. The Morgan fingerprint density at radius 2 is 1.41 bits per heavy atom. The Morgan fingerprint density at radius 3 is 2.08 bits per heavy atom. The van der Waals surface area contributed by atoms with Crippen molar-refractivity contribution in [2.24, 2.45) is 5.92 Å². The normalized spacial score (nSPS) is 11.8. The standard InChI is InChI=1S/C39H35N2O.C18H24GeN.Ir/c1-24(2)31-21-28(27-14-7-6-8-15-27)22-32(25(3)4)33(31)23-41-35-19-10-9-18-34(35)40-39(41)30-17-12-16-29-37-26(5)13-11-20-36(37)42-38(29)30;1-14(2)11-16-12-18(15-9-7-6-8-10-15)20-13-17(16)19(3,4)5;/h6-16,18-22,24-25H,23H2,1-5H3;6-9,12-14H,11H2,1-5H3;/q2*-1;. The summed E-state index contributed by atoms with van der Waals surface area (Å²) in [6.45, 7) is 16.6. The van der Waals surface area contributed by atoms with Gasteiger partial charge in [0.25, 0.3) is 0 Å². The number of hydrogen-bond acceptors (Lipinski definition) is 3. The average Bonchev–Trinajstić information content (AvgIpc) is 3.83. The molecule has 6 aromatic carbocycles. The van der Waals surface area contributed by atoms with Gasteiger partial charge in [0.15, 0.2) is 0 Å². The molecule has 3 heterocycles. The maximum atomic E-state index is 6.52. The van der Waals surface area contributed by atoms with Crippen LogP contribution in [0.25, 0.3) is 66.7 Å². The van der Waals surface area contributed by atoms with Crippen LogP contribution in [0.5, 0.6) is 0 Å². The van der Waals surface area contributed by atoms with Gasteiger partial charge in [-0.2, -0.15) is 0 Å². The number of hydrogen-bond donors (Lipinski definition) is 0. The third-order valence-electron chi connectivity index (χ3n) is 11.9. The van der Waals surface area contributed by atoms with Crippen molar-refractivity contribution >= 4 is 50.6 Å². The summed E-state index contributed by atoms with van der Waals surface area (Å²) in [7, 11) is 0. The minimum atomic E-state index is -1.86. The Kier molecular flexibility index (Phi) is 14.1. The number of furan rings is 1. The second-order valence-corrected chi connectivity index (χ2v) is 29.4. The van der Waals surface area contributed by atoms with Crippen LogP contribution in [0.2, 0.25) is 17.3 Å². The minimum absolute atomic E-state index is 0. The van der Waals surface area contributed by atoms with E-state index in [1.807, 2.05) is 30.3 Å². The number of benzene rings is 6. The van der Waals surface area contributed by atoms with Crippen molar-refractivity contribution in [1.82, 2.24) is 14.5 Å². The van der Waals surface area contributed by atoms with Gasteiger partial charge in [-0.05, 0) is 70.3 Å². The maximum Gasteiger partial charge on any atom is 0.121 e. The van der Waals surface area contributed by atoms with Gasteiger partial charge in [-0.3, -0.25) is 4.98 Å². The SMILES string of the molecule is CC(C)Cc1cc(-c2[c-]cccc2)nc[c]1[Ge]([CH3])([CH3])[CH3].Cc1cccc2oc3c(-c4nc5ccccc5n4Cc4c(C(C)C)cc(-c5ccccc5)cc4C(C)C)[c-]ccc3c12.[Ir]. The van der Waals surface area contributed by atoms with E-state index in [9.17, 15) is 0 Å². The van der Waals surface area contributed by atoms with Gasteiger partial charge in [0.2, 0.25) is 0 Å². The van der Waals surface area contributed by atoms with Crippen LogP contribution in [-0.2, 0) is 33.1 Å². The molecule has 0 spiro atoms. The largest absolute Gasteiger partial charge is 0.501 e. The van der Waals surface area contributed by atoms with Crippen molar-refractivity contribution in [2.75, 3.05) is 0 Å². The fraction of sp³-hybridized carbons (Fsp3) is 0.263. The first kappa shape index (κ1) is 45.9. The van der Waals surface area contributed by atoms with Gasteiger partial charge < -0.3 is 8.98 Å².